The molecule has 10 nitrogen and oxygen atoms in total. The molecule has 0 spiro atoms. The molecule has 4 N–H and O–H groups in total. The maximum absolute atomic E-state index is 11.8. The van der Waals surface area contributed by atoms with Crippen LogP contribution in [0.2, 0.25) is 0 Å². The molecule has 10 heteroatoms. The molecule has 2 aromatic rings. The van der Waals surface area contributed by atoms with Gasteiger partial charge in [0.1, 0.15) is 18.3 Å². The molecule has 0 saturated carbocycles. The van der Waals surface area contributed by atoms with E-state index in [1.165, 1.54) is 6.92 Å². The fraction of sp³-hybridized carbons (Fsp3) is 0.474. The lowest BCUT2D eigenvalue weighted by molar-refractivity contribution is -0.127. The third kappa shape index (κ3) is 3.61. The van der Waals surface area contributed by atoms with Crippen LogP contribution in [0.15, 0.2) is 30.2 Å². The Kier molecular flexibility index (Phi) is 5.07. The molecule has 0 radical (unpaired) electrons. The quantitative estimate of drug-likeness (QED) is 0.538. The van der Waals surface area contributed by atoms with Gasteiger partial charge in [0.05, 0.1) is 30.0 Å². The predicted octanol–water partition coefficient (Wildman–Crippen LogP) is -0.173. The van der Waals surface area contributed by atoms with Gasteiger partial charge in [0.25, 0.3) is 0 Å². The van der Waals surface area contributed by atoms with E-state index in [0.717, 1.165) is 5.39 Å². The summed E-state index contributed by atoms with van der Waals surface area (Å²) < 4.78 is 18.2. The van der Waals surface area contributed by atoms with Crippen LogP contribution in [0.4, 0.5) is 0 Å². The van der Waals surface area contributed by atoms with E-state index >= 15 is 0 Å². The van der Waals surface area contributed by atoms with Crippen molar-refractivity contribution < 1.29 is 34.3 Å². The minimum Gasteiger partial charge on any atom is -0.490 e. The Morgan fingerprint density at radius 1 is 1.34 bits per heavy atom. The number of nitrogens with one attached hydrogen (secondary N) is 1. The first kappa shape index (κ1) is 19.5. The van der Waals surface area contributed by atoms with Crippen molar-refractivity contribution in [1.29, 1.82) is 0 Å². The Bertz CT molecular complexity index is 916. The number of ether oxygens (including phenoxy) is 3. The summed E-state index contributed by atoms with van der Waals surface area (Å²) >= 11 is 0. The molecule has 4 rings (SSSR count). The van der Waals surface area contributed by atoms with Crippen molar-refractivity contribution in [2.45, 2.75) is 44.2 Å². The first-order valence-corrected chi connectivity index (χ1v) is 9.25. The van der Waals surface area contributed by atoms with Gasteiger partial charge in [-0.25, -0.2) is 0 Å². The smallest absolute Gasteiger partial charge is 0.231 e. The Morgan fingerprint density at radius 3 is 2.76 bits per heavy atom. The summed E-state index contributed by atoms with van der Waals surface area (Å²) in [5, 5.41) is 37.8. The number of nitrogens with zero attached hydrogens (tertiary/aromatic N) is 2. The van der Waals surface area contributed by atoms with Crippen molar-refractivity contribution >= 4 is 16.8 Å². The zero-order valence-electron chi connectivity index (χ0n) is 16.0. The Labute approximate surface area is 166 Å². The van der Waals surface area contributed by atoms with Gasteiger partial charge >= 0.3 is 0 Å². The minimum absolute atomic E-state index is 0.168. The zero-order chi connectivity index (χ0) is 20.7. The minimum atomic E-state index is -1.42. The summed E-state index contributed by atoms with van der Waals surface area (Å²) in [6.45, 7) is 2.59. The van der Waals surface area contributed by atoms with Crippen molar-refractivity contribution in [1.82, 2.24) is 15.1 Å². The number of benzene rings is 1. The number of fused-ring (bicyclic) bond motifs is 2. The van der Waals surface area contributed by atoms with Gasteiger partial charge in [-0.15, -0.1) is 0 Å². The van der Waals surface area contributed by atoms with Crippen LogP contribution in [0, 0.1) is 0 Å². The number of carbonyl (C=O) groups is 1. The van der Waals surface area contributed by atoms with Crippen LogP contribution in [0.5, 0.6) is 11.5 Å². The molecular weight excluding hydrogens is 382 g/mol. The Hall–Kier alpha value is -2.82. The Balaban J connectivity index is 1.74. The van der Waals surface area contributed by atoms with E-state index in [2.05, 4.69) is 10.4 Å². The van der Waals surface area contributed by atoms with Crippen LogP contribution < -0.4 is 14.8 Å². The van der Waals surface area contributed by atoms with Gasteiger partial charge in [0.15, 0.2) is 11.5 Å². The summed E-state index contributed by atoms with van der Waals surface area (Å²) in [6, 6.07) is 2.37. The van der Waals surface area contributed by atoms with E-state index < -0.39 is 37.0 Å². The maximum atomic E-state index is 11.8. The summed E-state index contributed by atoms with van der Waals surface area (Å²) in [5.41, 5.74) is 0.681. The maximum Gasteiger partial charge on any atom is 0.231 e. The average molecular weight is 405 g/mol. The van der Waals surface area contributed by atoms with Gasteiger partial charge in [0.2, 0.25) is 12.7 Å². The normalized spacial score (nSPS) is 25.3. The fourth-order valence-electron chi connectivity index (χ4n) is 3.70. The molecule has 5 atom stereocenters. The zero-order valence-corrected chi connectivity index (χ0v) is 16.0. The van der Waals surface area contributed by atoms with Crippen molar-refractivity contribution in [2.75, 3.05) is 13.4 Å². The number of rotatable bonds is 5. The molecule has 0 aliphatic carbocycles. The summed E-state index contributed by atoms with van der Waals surface area (Å²) in [4.78, 5) is 11.8. The molecule has 29 heavy (non-hydrogen) atoms. The largest absolute Gasteiger partial charge is 0.490 e. The van der Waals surface area contributed by atoms with Crippen LogP contribution in [0.1, 0.15) is 19.9 Å². The molecule has 1 aromatic carbocycles. The molecule has 2 aliphatic heterocycles. The highest BCUT2D eigenvalue weighted by molar-refractivity contribution is 5.82. The molecule has 1 aromatic heterocycles. The van der Waals surface area contributed by atoms with E-state index in [4.69, 9.17) is 14.2 Å². The standard InChI is InChI=1S/C19H23N3O7/c1-9-3-13(17(20-10(2)24)19(29-9)18(26)14(25)7-23)22-6-11-4-15-16(28-8-27-15)5-12(11)21-22/h3-6,13-14,17-19,23,25-26H,7-8H2,1-2H3,(H,20,24)/t13-,14+,17+,18+,19+/m0/s1. The molecule has 2 aliphatic rings. The lowest BCUT2D eigenvalue weighted by Crippen LogP contribution is -2.57. The third-order valence-corrected chi connectivity index (χ3v) is 5.06. The third-order valence-electron chi connectivity index (χ3n) is 5.06. The molecule has 0 unspecified atom stereocenters. The number of aliphatic hydroxyl groups excluding tert-OH is 3. The molecule has 156 valence electrons. The number of allylic oxidation sites excluding steroid dienone is 1. The molecule has 3 heterocycles. The van der Waals surface area contributed by atoms with Crippen LogP contribution in [0.3, 0.4) is 0 Å². The summed E-state index contributed by atoms with van der Waals surface area (Å²) in [7, 11) is 0. The van der Waals surface area contributed by atoms with Crippen molar-refractivity contribution in [3.05, 3.63) is 30.2 Å². The topological polar surface area (TPSA) is 135 Å². The van der Waals surface area contributed by atoms with E-state index in [9.17, 15) is 20.1 Å². The molecule has 1 amide bonds. The van der Waals surface area contributed by atoms with Gasteiger partial charge in [-0.05, 0) is 19.1 Å². The SMILES string of the molecule is CC(=O)N[C@H]1[C@H]([C@H](O)[C@H](O)CO)OC(C)=C[C@@H]1n1cc2cc3c(cc2n1)OCO3. The number of hydrogen-bond donors (Lipinski definition) is 4. The van der Waals surface area contributed by atoms with Crippen molar-refractivity contribution in [3.8, 4) is 11.5 Å². The lowest BCUT2D eigenvalue weighted by atomic mass is 9.92. The molecule has 0 saturated heterocycles. The van der Waals surface area contributed by atoms with E-state index in [1.807, 2.05) is 6.07 Å². The second kappa shape index (κ2) is 7.54. The molecule has 0 fully saturated rings. The highest BCUT2D eigenvalue weighted by Crippen LogP contribution is 2.37. The summed E-state index contributed by atoms with van der Waals surface area (Å²) in [6.07, 6.45) is -0.241. The van der Waals surface area contributed by atoms with Gasteiger partial charge in [-0.3, -0.25) is 9.48 Å². The van der Waals surface area contributed by atoms with E-state index in [1.54, 1.807) is 29.9 Å². The number of amides is 1. The second-order valence-electron chi connectivity index (χ2n) is 7.19. The van der Waals surface area contributed by atoms with Gasteiger partial charge in [-0.1, -0.05) is 0 Å². The highest BCUT2D eigenvalue weighted by Gasteiger charge is 2.42. The monoisotopic (exact) mass is 405 g/mol. The van der Waals surface area contributed by atoms with Gasteiger partial charge < -0.3 is 34.8 Å². The van der Waals surface area contributed by atoms with Crippen LogP contribution >= 0.6 is 0 Å². The first-order chi connectivity index (χ1) is 13.9. The van der Waals surface area contributed by atoms with Crippen molar-refractivity contribution in [2.24, 2.45) is 0 Å². The molecular formula is C19H23N3O7. The Morgan fingerprint density at radius 2 is 2.07 bits per heavy atom. The number of carbonyl (C=O) groups excluding carboxylic acids is 1. The van der Waals surface area contributed by atoms with Crippen LogP contribution in [-0.4, -0.2) is 68.8 Å². The van der Waals surface area contributed by atoms with E-state index in [-0.39, 0.29) is 12.7 Å². The highest BCUT2D eigenvalue weighted by atomic mass is 16.7. The first-order valence-electron chi connectivity index (χ1n) is 9.25. The second-order valence-corrected chi connectivity index (χ2v) is 7.19. The van der Waals surface area contributed by atoms with Crippen LogP contribution in [0.25, 0.3) is 10.9 Å². The average Bonchev–Trinajstić information content (AvgIpc) is 3.31. The lowest BCUT2D eigenvalue weighted by Gasteiger charge is -2.40. The van der Waals surface area contributed by atoms with Gasteiger partial charge in [-0.2, -0.15) is 5.10 Å². The van der Waals surface area contributed by atoms with E-state index in [0.29, 0.717) is 22.8 Å². The molecule has 0 bridgehead atoms. The van der Waals surface area contributed by atoms with Crippen molar-refractivity contribution in [3.63, 3.8) is 0 Å². The van der Waals surface area contributed by atoms with Gasteiger partial charge in [0, 0.05) is 24.6 Å². The number of aliphatic hydroxyl groups is 3. The summed E-state index contributed by atoms with van der Waals surface area (Å²) in [5.74, 6) is 1.41. The van der Waals surface area contributed by atoms with Crippen LogP contribution in [-0.2, 0) is 9.53 Å². The fourth-order valence-corrected chi connectivity index (χ4v) is 3.70. The predicted molar refractivity (Wildman–Crippen MR) is 100 cm³/mol. The number of hydrogen-bond acceptors (Lipinski definition) is 8. The number of aromatic nitrogens is 2.